The van der Waals surface area contributed by atoms with Gasteiger partial charge in [-0.3, -0.25) is 9.59 Å². The molecule has 0 atom stereocenters. The van der Waals surface area contributed by atoms with Crippen LogP contribution in [0.25, 0.3) is 0 Å². The van der Waals surface area contributed by atoms with Crippen LogP contribution in [0.3, 0.4) is 0 Å². The summed E-state index contributed by atoms with van der Waals surface area (Å²) >= 11 is 0. The molecule has 0 aromatic rings. The summed E-state index contributed by atoms with van der Waals surface area (Å²) in [7, 11) is -1.97. The van der Waals surface area contributed by atoms with Crippen molar-refractivity contribution in [2.24, 2.45) is 0 Å². The van der Waals surface area contributed by atoms with Crippen LogP contribution < -0.4 is 0 Å². The molecule has 1 rings (SSSR count). The quantitative estimate of drug-likeness (QED) is 0.474. The van der Waals surface area contributed by atoms with E-state index in [2.05, 4.69) is 6.58 Å². The Morgan fingerprint density at radius 3 is 2.08 bits per heavy atom. The number of imide groups is 1. The molecule has 2 amide bonds. The lowest BCUT2D eigenvalue weighted by Gasteiger charge is -2.28. The molecule has 0 unspecified atom stereocenters. The number of hydrogen-bond acceptors (Lipinski definition) is 2. The van der Waals surface area contributed by atoms with Crippen molar-refractivity contribution in [1.82, 2.24) is 4.57 Å². The molecule has 3 nitrogen and oxygen atoms in total. The fraction of sp³-hybridized carbons (Fsp3) is 0.500. The van der Waals surface area contributed by atoms with Gasteiger partial charge in [0.25, 0.3) is 0 Å². The number of hydrogen-bond donors (Lipinski definition) is 0. The monoisotopic (exact) mass is 183 g/mol. The van der Waals surface area contributed by atoms with Gasteiger partial charge in [-0.2, -0.15) is 0 Å². The molecule has 0 aromatic heterocycles. The first kappa shape index (κ1) is 9.19. The van der Waals surface area contributed by atoms with Crippen molar-refractivity contribution >= 4 is 20.0 Å². The summed E-state index contributed by atoms with van der Waals surface area (Å²) in [5.74, 6) is -0.0619. The highest BCUT2D eigenvalue weighted by molar-refractivity contribution is 6.83. The topological polar surface area (TPSA) is 37.4 Å². The summed E-state index contributed by atoms with van der Waals surface area (Å²) < 4.78 is 1.43. The molecule has 66 valence electrons. The minimum absolute atomic E-state index is 0.0310. The maximum atomic E-state index is 11.3. The maximum absolute atomic E-state index is 11.3. The zero-order chi connectivity index (χ0) is 9.35. The van der Waals surface area contributed by atoms with Crippen molar-refractivity contribution in [1.29, 1.82) is 0 Å². The molecule has 0 aliphatic carbocycles. The Morgan fingerprint density at radius 1 is 1.33 bits per heavy atom. The van der Waals surface area contributed by atoms with Gasteiger partial charge in [0, 0.05) is 12.8 Å². The van der Waals surface area contributed by atoms with Crippen molar-refractivity contribution in [2.75, 3.05) is 0 Å². The van der Waals surface area contributed by atoms with Crippen LogP contribution in [0.1, 0.15) is 12.8 Å². The van der Waals surface area contributed by atoms with E-state index in [-0.39, 0.29) is 11.8 Å². The molecule has 1 saturated heterocycles. The first-order valence-corrected chi connectivity index (χ1v) is 7.01. The lowest BCUT2D eigenvalue weighted by Crippen LogP contribution is -2.50. The largest absolute Gasteiger partial charge is 0.308 e. The van der Waals surface area contributed by atoms with Crippen molar-refractivity contribution in [3.8, 4) is 0 Å². The molecule has 0 radical (unpaired) electrons. The Balaban J connectivity index is 2.93. The van der Waals surface area contributed by atoms with Crippen LogP contribution in [-0.2, 0) is 9.59 Å². The second kappa shape index (κ2) is 2.86. The molecule has 1 fully saturated rings. The Morgan fingerprint density at radius 2 is 1.75 bits per heavy atom. The van der Waals surface area contributed by atoms with Crippen LogP contribution >= 0.6 is 0 Å². The first-order chi connectivity index (χ1) is 5.49. The predicted molar refractivity (Wildman–Crippen MR) is 48.8 cm³/mol. The summed E-state index contributed by atoms with van der Waals surface area (Å²) in [5.41, 5.74) is 1.76. The summed E-state index contributed by atoms with van der Waals surface area (Å²) in [4.78, 5) is 22.6. The Hall–Kier alpha value is -0.903. The van der Waals surface area contributed by atoms with Gasteiger partial charge in [0.15, 0.2) is 8.24 Å². The number of carbonyl (C=O) groups excluding carboxylic acids is 2. The fourth-order valence-corrected chi connectivity index (χ4v) is 3.00. The lowest BCUT2D eigenvalue weighted by molar-refractivity contribution is -0.133. The van der Waals surface area contributed by atoms with Gasteiger partial charge < -0.3 is 4.57 Å². The molecule has 4 heteroatoms. The molecule has 1 aliphatic rings. The van der Waals surface area contributed by atoms with Crippen LogP contribution in [0.4, 0.5) is 0 Å². The SMILES string of the molecule is C=C[Si](C)(C)N1C(=O)CCC1=O. The molecule has 1 aliphatic heterocycles. The van der Waals surface area contributed by atoms with E-state index in [4.69, 9.17) is 0 Å². The van der Waals surface area contributed by atoms with E-state index in [1.54, 1.807) is 5.70 Å². The van der Waals surface area contributed by atoms with Crippen LogP contribution in [0.15, 0.2) is 12.3 Å². The molecule has 12 heavy (non-hydrogen) atoms. The molecular weight excluding hydrogens is 170 g/mol. The van der Waals surface area contributed by atoms with Crippen molar-refractivity contribution in [3.63, 3.8) is 0 Å². The summed E-state index contributed by atoms with van der Waals surface area (Å²) in [6.07, 6.45) is 0.756. The molecule has 0 saturated carbocycles. The standard InChI is InChI=1S/C8H13NO2Si/c1-4-12(2,3)9-7(10)5-6-8(9)11/h4H,1,5-6H2,2-3H3. The second-order valence-electron chi connectivity index (χ2n) is 3.48. The first-order valence-electron chi connectivity index (χ1n) is 3.98. The van der Waals surface area contributed by atoms with Gasteiger partial charge in [-0.25, -0.2) is 0 Å². The average molecular weight is 183 g/mol. The van der Waals surface area contributed by atoms with E-state index in [1.807, 2.05) is 13.1 Å². The molecule has 0 spiro atoms. The van der Waals surface area contributed by atoms with Crippen LogP contribution in [0, 0.1) is 0 Å². The summed E-state index contributed by atoms with van der Waals surface area (Å²) in [6, 6.07) is 0. The van der Waals surface area contributed by atoms with Crippen LogP contribution in [0.5, 0.6) is 0 Å². The highest BCUT2D eigenvalue weighted by atomic mass is 28.3. The molecule has 1 heterocycles. The van der Waals surface area contributed by atoms with E-state index < -0.39 is 8.24 Å². The normalized spacial score (nSPS) is 18.7. The van der Waals surface area contributed by atoms with Crippen molar-refractivity contribution in [2.45, 2.75) is 25.9 Å². The highest BCUT2D eigenvalue weighted by Gasteiger charge is 2.39. The van der Waals surface area contributed by atoms with Gasteiger partial charge >= 0.3 is 0 Å². The van der Waals surface area contributed by atoms with E-state index in [0.717, 1.165) is 0 Å². The second-order valence-corrected chi connectivity index (χ2v) is 7.64. The lowest BCUT2D eigenvalue weighted by atomic mass is 10.4. The Bertz CT molecular complexity index is 231. The van der Waals surface area contributed by atoms with E-state index in [1.165, 1.54) is 4.57 Å². The fourth-order valence-electron chi connectivity index (χ4n) is 1.31. The Kier molecular flexibility index (Phi) is 2.19. The van der Waals surface area contributed by atoms with Crippen molar-refractivity contribution < 1.29 is 9.59 Å². The summed E-state index contributed by atoms with van der Waals surface area (Å²) in [6.45, 7) is 7.55. The van der Waals surface area contributed by atoms with E-state index in [0.29, 0.717) is 12.8 Å². The minimum Gasteiger partial charge on any atom is -0.308 e. The zero-order valence-corrected chi connectivity index (χ0v) is 8.46. The maximum Gasteiger partial charge on any atom is 0.221 e. The molecule has 0 N–H and O–H groups in total. The van der Waals surface area contributed by atoms with Gasteiger partial charge in [0.1, 0.15) is 0 Å². The summed E-state index contributed by atoms with van der Waals surface area (Å²) in [5, 5.41) is 0. The van der Waals surface area contributed by atoms with Gasteiger partial charge in [0.2, 0.25) is 11.8 Å². The third-order valence-electron chi connectivity index (χ3n) is 2.13. The van der Waals surface area contributed by atoms with Crippen LogP contribution in [0.2, 0.25) is 13.1 Å². The number of amides is 2. The van der Waals surface area contributed by atoms with Crippen molar-refractivity contribution in [3.05, 3.63) is 12.3 Å². The molecule has 0 bridgehead atoms. The van der Waals surface area contributed by atoms with E-state index in [9.17, 15) is 9.59 Å². The number of rotatable bonds is 2. The number of carbonyl (C=O) groups is 2. The third kappa shape index (κ3) is 1.34. The van der Waals surface area contributed by atoms with Crippen LogP contribution in [-0.4, -0.2) is 24.6 Å². The van der Waals surface area contributed by atoms with E-state index >= 15 is 0 Å². The molecule has 0 aromatic carbocycles. The third-order valence-corrected chi connectivity index (χ3v) is 4.78. The minimum atomic E-state index is -1.97. The smallest absolute Gasteiger partial charge is 0.221 e. The average Bonchev–Trinajstić information content (AvgIpc) is 2.31. The predicted octanol–water partition coefficient (Wildman–Crippen LogP) is 1.07. The van der Waals surface area contributed by atoms with Gasteiger partial charge in [0.05, 0.1) is 0 Å². The number of nitrogens with zero attached hydrogens (tertiary/aromatic N) is 1. The zero-order valence-electron chi connectivity index (χ0n) is 7.46. The van der Waals surface area contributed by atoms with Gasteiger partial charge in [-0.1, -0.05) is 5.70 Å². The Labute approximate surface area is 73.1 Å². The van der Waals surface area contributed by atoms with Gasteiger partial charge in [-0.05, 0) is 13.1 Å². The molecular formula is C8H13NO2Si. The van der Waals surface area contributed by atoms with Gasteiger partial charge in [-0.15, -0.1) is 6.58 Å². The highest BCUT2D eigenvalue weighted by Crippen LogP contribution is 2.20.